The molecule has 3 rings (SSSR count). The monoisotopic (exact) mass is 261 g/mol. The van der Waals surface area contributed by atoms with Gasteiger partial charge in [0.25, 0.3) is 11.5 Å². The molecule has 98 valence electrons. The van der Waals surface area contributed by atoms with Gasteiger partial charge in [0, 0.05) is 12.1 Å². The number of aromatic nitrogens is 2. The molecule has 0 aliphatic carbocycles. The lowest BCUT2D eigenvalue weighted by Crippen LogP contribution is -2.37. The molecule has 2 aromatic rings. The lowest BCUT2D eigenvalue weighted by molar-refractivity contribution is 0.0727. The van der Waals surface area contributed by atoms with Crippen LogP contribution in [-0.2, 0) is 13.0 Å². The van der Waals surface area contributed by atoms with Crippen molar-refractivity contribution in [2.75, 3.05) is 6.54 Å². The van der Waals surface area contributed by atoms with E-state index >= 15 is 0 Å². The summed E-state index contributed by atoms with van der Waals surface area (Å²) in [5, 5.41) is 5.25. The second-order valence-electron chi connectivity index (χ2n) is 4.49. The minimum atomic E-state index is -0.527. The summed E-state index contributed by atoms with van der Waals surface area (Å²) in [6.45, 7) is 0.711. The molecule has 1 aromatic heterocycles. The highest BCUT2D eigenvalue weighted by Crippen LogP contribution is 2.17. The maximum absolute atomic E-state index is 13.6. The molecule has 0 saturated heterocycles. The lowest BCUT2D eigenvalue weighted by atomic mass is 10.1. The summed E-state index contributed by atoms with van der Waals surface area (Å²) in [6.07, 6.45) is 0.481. The molecule has 0 radical (unpaired) electrons. The molecule has 2 N–H and O–H groups in total. The Kier molecular flexibility index (Phi) is 2.70. The summed E-state index contributed by atoms with van der Waals surface area (Å²) in [6, 6.07) is 5.90. The summed E-state index contributed by atoms with van der Waals surface area (Å²) in [5.74, 6) is -0.883. The molecule has 0 unspecified atom stereocenters. The molecule has 0 bridgehead atoms. The third-order valence-corrected chi connectivity index (χ3v) is 3.34. The number of hydrogen-bond acceptors (Lipinski definition) is 2. The second kappa shape index (κ2) is 4.38. The van der Waals surface area contributed by atoms with Crippen LogP contribution in [-0.4, -0.2) is 27.5 Å². The van der Waals surface area contributed by atoms with Gasteiger partial charge in [-0.05, 0) is 18.6 Å². The third-order valence-electron chi connectivity index (χ3n) is 3.34. The van der Waals surface area contributed by atoms with Crippen LogP contribution < -0.4 is 5.56 Å². The van der Waals surface area contributed by atoms with Crippen LogP contribution >= 0.6 is 0 Å². The first-order valence-corrected chi connectivity index (χ1v) is 5.99. The van der Waals surface area contributed by atoms with E-state index in [1.165, 1.54) is 17.0 Å². The Hall–Kier alpha value is -2.37. The van der Waals surface area contributed by atoms with Crippen molar-refractivity contribution in [1.82, 2.24) is 15.1 Å². The van der Waals surface area contributed by atoms with Crippen LogP contribution in [0, 0.1) is 5.82 Å². The fourth-order valence-electron chi connectivity index (χ4n) is 2.31. The highest BCUT2D eigenvalue weighted by molar-refractivity contribution is 5.94. The van der Waals surface area contributed by atoms with Gasteiger partial charge in [-0.1, -0.05) is 12.1 Å². The number of halogens is 1. The quantitative estimate of drug-likeness (QED) is 0.805. The largest absolute Gasteiger partial charge is 0.332 e. The van der Waals surface area contributed by atoms with Gasteiger partial charge in [0.15, 0.2) is 0 Å². The maximum atomic E-state index is 13.6. The van der Waals surface area contributed by atoms with Crippen LogP contribution in [0.4, 0.5) is 4.39 Å². The zero-order valence-electron chi connectivity index (χ0n) is 10.1. The number of carbonyl (C=O) groups is 1. The minimum Gasteiger partial charge on any atom is -0.332 e. The first-order valence-electron chi connectivity index (χ1n) is 5.99. The van der Waals surface area contributed by atoms with E-state index < -0.39 is 5.82 Å². The van der Waals surface area contributed by atoms with E-state index in [9.17, 15) is 14.0 Å². The topological polar surface area (TPSA) is 69.0 Å². The van der Waals surface area contributed by atoms with Crippen LogP contribution in [0.25, 0.3) is 0 Å². The van der Waals surface area contributed by atoms with Crippen molar-refractivity contribution in [3.05, 3.63) is 57.3 Å². The number of nitrogens with one attached hydrogen (secondary N) is 2. The number of rotatable bonds is 1. The van der Waals surface area contributed by atoms with E-state index in [4.69, 9.17) is 0 Å². The Morgan fingerprint density at radius 3 is 2.84 bits per heavy atom. The first kappa shape index (κ1) is 11.7. The number of nitrogens with zero attached hydrogens (tertiary/aromatic N) is 1. The summed E-state index contributed by atoms with van der Waals surface area (Å²) >= 11 is 0. The molecular weight excluding hydrogens is 249 g/mol. The number of H-pyrrole nitrogens is 2. The van der Waals surface area contributed by atoms with Crippen molar-refractivity contribution in [2.45, 2.75) is 13.0 Å². The zero-order valence-corrected chi connectivity index (χ0v) is 10.1. The molecule has 1 aliphatic heterocycles. The van der Waals surface area contributed by atoms with E-state index in [1.807, 2.05) is 0 Å². The standard InChI is InChI=1S/C13H12FN3O2/c14-10-4-2-1-3-8(10)13(19)17-6-5-9-11(7-17)15-16-12(9)18/h1-4H,5-7H2,(H2,15,16,18). The van der Waals surface area contributed by atoms with Crippen molar-refractivity contribution in [1.29, 1.82) is 0 Å². The Bertz CT molecular complexity index is 689. The van der Waals surface area contributed by atoms with Crippen LogP contribution in [0.2, 0.25) is 0 Å². The Balaban J connectivity index is 1.88. The van der Waals surface area contributed by atoms with Crippen molar-refractivity contribution in [3.8, 4) is 0 Å². The van der Waals surface area contributed by atoms with Crippen molar-refractivity contribution < 1.29 is 9.18 Å². The number of aromatic amines is 2. The van der Waals surface area contributed by atoms with Crippen LogP contribution in [0.5, 0.6) is 0 Å². The fourth-order valence-corrected chi connectivity index (χ4v) is 2.31. The smallest absolute Gasteiger partial charge is 0.267 e. The van der Waals surface area contributed by atoms with Gasteiger partial charge in [0.05, 0.1) is 17.8 Å². The molecule has 6 heteroatoms. The van der Waals surface area contributed by atoms with Gasteiger partial charge < -0.3 is 10.00 Å². The molecule has 0 atom stereocenters. The Labute approximate surface area is 108 Å². The summed E-state index contributed by atoms with van der Waals surface area (Å²) in [4.78, 5) is 25.2. The summed E-state index contributed by atoms with van der Waals surface area (Å²) in [7, 11) is 0. The van der Waals surface area contributed by atoms with Crippen molar-refractivity contribution in [3.63, 3.8) is 0 Å². The predicted molar refractivity (Wildman–Crippen MR) is 66.3 cm³/mol. The minimum absolute atomic E-state index is 0.0591. The summed E-state index contributed by atoms with van der Waals surface area (Å²) in [5.41, 5.74) is 1.29. The molecule has 2 heterocycles. The number of benzene rings is 1. The number of hydrogen-bond donors (Lipinski definition) is 2. The maximum Gasteiger partial charge on any atom is 0.267 e. The third kappa shape index (κ3) is 1.95. The van der Waals surface area contributed by atoms with E-state index in [1.54, 1.807) is 12.1 Å². The summed E-state index contributed by atoms with van der Waals surface area (Å²) < 4.78 is 13.6. The van der Waals surface area contributed by atoms with E-state index in [2.05, 4.69) is 10.2 Å². The lowest BCUT2D eigenvalue weighted by Gasteiger charge is -2.26. The molecule has 0 fully saturated rings. The molecule has 1 amide bonds. The average molecular weight is 261 g/mol. The normalized spacial score (nSPS) is 14.3. The average Bonchev–Trinajstić information content (AvgIpc) is 2.80. The van der Waals surface area contributed by atoms with Crippen LogP contribution in [0.3, 0.4) is 0 Å². The van der Waals surface area contributed by atoms with Gasteiger partial charge in [-0.2, -0.15) is 0 Å². The van der Waals surface area contributed by atoms with Gasteiger partial charge in [-0.3, -0.25) is 14.7 Å². The van der Waals surface area contributed by atoms with Crippen molar-refractivity contribution in [2.24, 2.45) is 0 Å². The molecule has 0 saturated carbocycles. The van der Waals surface area contributed by atoms with Crippen LogP contribution in [0.1, 0.15) is 21.6 Å². The van der Waals surface area contributed by atoms with E-state index in [0.29, 0.717) is 30.8 Å². The zero-order chi connectivity index (χ0) is 13.4. The van der Waals surface area contributed by atoms with Gasteiger partial charge in [-0.25, -0.2) is 4.39 Å². The fraction of sp³-hybridized carbons (Fsp3) is 0.231. The highest BCUT2D eigenvalue weighted by atomic mass is 19.1. The van der Waals surface area contributed by atoms with E-state index in [-0.39, 0.29) is 17.0 Å². The van der Waals surface area contributed by atoms with Gasteiger partial charge in [-0.15, -0.1) is 0 Å². The Morgan fingerprint density at radius 2 is 2.05 bits per heavy atom. The number of fused-ring (bicyclic) bond motifs is 1. The van der Waals surface area contributed by atoms with Crippen LogP contribution in [0.15, 0.2) is 29.1 Å². The molecule has 0 spiro atoms. The van der Waals surface area contributed by atoms with Crippen molar-refractivity contribution >= 4 is 5.91 Å². The second-order valence-corrected chi connectivity index (χ2v) is 4.49. The molecule has 1 aromatic carbocycles. The molecular formula is C13H12FN3O2. The highest BCUT2D eigenvalue weighted by Gasteiger charge is 2.25. The van der Waals surface area contributed by atoms with Gasteiger partial charge in [0.1, 0.15) is 5.82 Å². The number of carbonyl (C=O) groups excluding carboxylic acids is 1. The molecule has 19 heavy (non-hydrogen) atoms. The number of amides is 1. The first-order chi connectivity index (χ1) is 9.16. The van der Waals surface area contributed by atoms with E-state index in [0.717, 1.165) is 0 Å². The molecule has 5 nitrogen and oxygen atoms in total. The predicted octanol–water partition coefficient (Wildman–Crippen LogP) is 1.04. The van der Waals surface area contributed by atoms with Gasteiger partial charge in [0.2, 0.25) is 0 Å². The SMILES string of the molecule is O=C(c1ccccc1F)N1CCc2c([nH][nH]c2=O)C1. The Morgan fingerprint density at radius 1 is 1.26 bits per heavy atom. The van der Waals surface area contributed by atoms with Gasteiger partial charge >= 0.3 is 0 Å². The molecule has 1 aliphatic rings.